The van der Waals surface area contributed by atoms with Crippen molar-refractivity contribution in [3.8, 4) is 0 Å². The molecule has 0 rings (SSSR count). The molecule has 38 valence electrons. The summed E-state index contributed by atoms with van der Waals surface area (Å²) in [5.41, 5.74) is 0. The topological polar surface area (TPSA) is 64.1 Å². The van der Waals surface area contributed by atoms with Crippen molar-refractivity contribution in [1.82, 2.24) is 5.09 Å². The third-order valence-electron chi connectivity index (χ3n) is 0.372. The van der Waals surface area contributed by atoms with E-state index in [1.54, 1.807) is 0 Å². The van der Waals surface area contributed by atoms with Crippen LogP contribution in [0.4, 0.5) is 0 Å². The highest BCUT2D eigenvalue weighted by molar-refractivity contribution is 6.71. The lowest BCUT2D eigenvalue weighted by molar-refractivity contribution is 1.01. The predicted molar refractivity (Wildman–Crippen MR) is 29.0 cm³/mol. The van der Waals surface area contributed by atoms with Gasteiger partial charge in [-0.1, -0.05) is 0 Å². The van der Waals surface area contributed by atoms with Gasteiger partial charge >= 0.3 is 0 Å². The molecule has 0 aliphatic heterocycles. The fourth-order valence-electron chi connectivity index (χ4n) is 0. The second-order valence-electron chi connectivity index (χ2n) is 1.87. The van der Waals surface area contributed by atoms with E-state index in [2.05, 4.69) is 5.09 Å². The Bertz CT molecular complexity index is 38.5. The van der Waals surface area contributed by atoms with Crippen molar-refractivity contribution in [2.45, 2.75) is 13.1 Å². The summed E-state index contributed by atoms with van der Waals surface area (Å²) in [4.78, 5) is 0. The van der Waals surface area contributed by atoms with E-state index >= 15 is 0 Å². The summed E-state index contributed by atoms with van der Waals surface area (Å²) >= 11 is 0. The molecule has 0 aromatic heterocycles. The van der Waals surface area contributed by atoms with Crippen molar-refractivity contribution in [3.05, 3.63) is 0 Å². The summed E-state index contributed by atoms with van der Waals surface area (Å²) in [6.07, 6.45) is 0. The van der Waals surface area contributed by atoms with Crippen molar-refractivity contribution in [3.63, 3.8) is 0 Å². The molecule has 0 aromatic carbocycles. The summed E-state index contributed by atoms with van der Waals surface area (Å²) < 4.78 is 0. The van der Waals surface area contributed by atoms with Crippen molar-refractivity contribution >= 4 is 8.40 Å². The van der Waals surface area contributed by atoms with Crippen LogP contribution in [0, 0.1) is 0 Å². The molecule has 0 saturated heterocycles. The van der Waals surface area contributed by atoms with Crippen LogP contribution in [0.5, 0.6) is 0 Å². The van der Waals surface area contributed by atoms with E-state index in [0.717, 1.165) is 0 Å². The Morgan fingerprint density at radius 1 is 1.50 bits per heavy atom. The maximum Gasteiger partial charge on any atom is 0.205 e. The van der Waals surface area contributed by atoms with E-state index in [1.807, 2.05) is 13.1 Å². The van der Waals surface area contributed by atoms with E-state index in [9.17, 15) is 0 Å². The van der Waals surface area contributed by atoms with Gasteiger partial charge < -0.3 is 5.40 Å². The largest absolute Gasteiger partial charge is 0.338 e. The lowest BCUT2D eigenvalue weighted by atomic mass is 11.9. The molecule has 0 unspecified atom stereocenters. The number of hydrazine groups is 1. The zero-order chi connectivity index (χ0) is 5.21. The molecule has 0 heterocycles. The molecule has 0 saturated carbocycles. The fourth-order valence-corrected chi connectivity index (χ4v) is 0. The van der Waals surface area contributed by atoms with Crippen LogP contribution in [0.3, 0.4) is 0 Å². The standard InChI is InChI=1S/C2H11N3Si/c1-6(2,4)5-3/h5H,3-4H2,1-2H3. The van der Waals surface area contributed by atoms with Gasteiger partial charge in [-0.2, -0.15) is 0 Å². The van der Waals surface area contributed by atoms with Crippen molar-refractivity contribution in [1.29, 1.82) is 0 Å². The average molecular weight is 105 g/mol. The molecule has 3 nitrogen and oxygen atoms in total. The van der Waals surface area contributed by atoms with Gasteiger partial charge in [0.15, 0.2) is 0 Å². The first-order valence-corrected chi connectivity index (χ1v) is 4.90. The second kappa shape index (κ2) is 1.70. The van der Waals surface area contributed by atoms with Gasteiger partial charge in [0.1, 0.15) is 0 Å². The molecule has 0 aliphatic carbocycles. The average Bonchev–Trinajstić information content (AvgIpc) is 1.35. The molecule has 6 heavy (non-hydrogen) atoms. The first-order valence-electron chi connectivity index (χ1n) is 1.83. The lowest BCUT2D eigenvalue weighted by Crippen LogP contribution is -2.57. The van der Waals surface area contributed by atoms with Crippen LogP contribution in [0.2, 0.25) is 13.1 Å². The highest BCUT2D eigenvalue weighted by Gasteiger charge is 2.08. The van der Waals surface area contributed by atoms with Crippen LogP contribution in [-0.4, -0.2) is 8.40 Å². The number of nitrogens with two attached hydrogens (primary N) is 2. The minimum Gasteiger partial charge on any atom is -0.338 e. The maximum atomic E-state index is 5.44. The third-order valence-corrected chi connectivity index (χ3v) is 1.12. The molecule has 0 fully saturated rings. The van der Waals surface area contributed by atoms with E-state index in [0.29, 0.717) is 0 Å². The van der Waals surface area contributed by atoms with Gasteiger partial charge in [0.25, 0.3) is 0 Å². The molecule has 0 bridgehead atoms. The van der Waals surface area contributed by atoms with Crippen molar-refractivity contribution in [2.24, 2.45) is 11.2 Å². The molecular formula is C2H11N3Si. The summed E-state index contributed by atoms with van der Waals surface area (Å²) in [7, 11) is -1.60. The van der Waals surface area contributed by atoms with Crippen LogP contribution in [0.15, 0.2) is 0 Å². The summed E-state index contributed by atoms with van der Waals surface area (Å²) in [6, 6.07) is 0. The number of hydrogen-bond donors (Lipinski definition) is 3. The van der Waals surface area contributed by atoms with Crippen LogP contribution < -0.4 is 16.3 Å². The maximum absolute atomic E-state index is 5.44. The van der Waals surface area contributed by atoms with E-state index in [4.69, 9.17) is 11.2 Å². The van der Waals surface area contributed by atoms with E-state index < -0.39 is 8.40 Å². The summed E-state index contributed by atoms with van der Waals surface area (Å²) in [5.74, 6) is 4.99. The zero-order valence-corrected chi connectivity index (χ0v) is 5.15. The molecule has 0 aliphatic rings. The van der Waals surface area contributed by atoms with Crippen LogP contribution >= 0.6 is 0 Å². The highest BCUT2D eigenvalue weighted by atomic mass is 28.3. The smallest absolute Gasteiger partial charge is 0.205 e. The Kier molecular flexibility index (Phi) is 1.73. The van der Waals surface area contributed by atoms with Gasteiger partial charge in [-0.3, -0.25) is 10.9 Å². The molecule has 4 heteroatoms. The summed E-state index contributed by atoms with van der Waals surface area (Å²) in [5, 5.41) is 7.96. The Morgan fingerprint density at radius 3 is 1.67 bits per heavy atom. The Balaban J connectivity index is 3.17. The first-order chi connectivity index (χ1) is 2.56. The summed E-state index contributed by atoms with van der Waals surface area (Å²) in [6.45, 7) is 3.85. The Morgan fingerprint density at radius 2 is 1.67 bits per heavy atom. The molecule has 5 N–H and O–H groups in total. The van der Waals surface area contributed by atoms with Crippen LogP contribution in [-0.2, 0) is 0 Å². The van der Waals surface area contributed by atoms with Crippen molar-refractivity contribution in [2.75, 3.05) is 0 Å². The zero-order valence-electron chi connectivity index (χ0n) is 4.15. The van der Waals surface area contributed by atoms with Gasteiger partial charge in [0.2, 0.25) is 8.40 Å². The Hall–Kier alpha value is 0.0969. The van der Waals surface area contributed by atoms with Crippen LogP contribution in [0.1, 0.15) is 0 Å². The van der Waals surface area contributed by atoms with Gasteiger partial charge in [-0.05, 0) is 13.1 Å². The molecule has 0 amide bonds. The number of rotatable bonds is 1. The Labute approximate surface area is 38.8 Å². The molecule has 0 radical (unpaired) electrons. The minimum atomic E-state index is -1.60. The van der Waals surface area contributed by atoms with E-state index in [-0.39, 0.29) is 0 Å². The van der Waals surface area contributed by atoms with Crippen molar-refractivity contribution < 1.29 is 0 Å². The molecular weight excluding hydrogens is 94.1 g/mol. The monoisotopic (exact) mass is 105 g/mol. The predicted octanol–water partition coefficient (Wildman–Crippen LogP) is -0.890. The first kappa shape index (κ1) is 6.10. The quantitative estimate of drug-likeness (QED) is 0.230. The SMILES string of the molecule is C[Si](C)(N)NN. The molecule has 0 atom stereocenters. The molecule has 0 aromatic rings. The van der Waals surface area contributed by atoms with Gasteiger partial charge in [0.05, 0.1) is 0 Å². The lowest BCUT2D eigenvalue weighted by Gasteiger charge is -2.10. The van der Waals surface area contributed by atoms with Gasteiger partial charge in [0, 0.05) is 0 Å². The number of hydrogen-bond acceptors (Lipinski definition) is 3. The minimum absolute atomic E-state index is 1.60. The number of nitrogens with one attached hydrogen (secondary N) is 1. The normalized spacial score (nSPS) is 12.0. The molecule has 0 spiro atoms. The third kappa shape index (κ3) is 4.10. The van der Waals surface area contributed by atoms with Gasteiger partial charge in [-0.25, -0.2) is 0 Å². The van der Waals surface area contributed by atoms with E-state index in [1.165, 1.54) is 0 Å². The van der Waals surface area contributed by atoms with Crippen LogP contribution in [0.25, 0.3) is 0 Å². The highest BCUT2D eigenvalue weighted by Crippen LogP contribution is 1.76. The second-order valence-corrected chi connectivity index (χ2v) is 5.60. The fraction of sp³-hybridized carbons (Fsp3) is 1.00. The van der Waals surface area contributed by atoms with Gasteiger partial charge in [-0.15, -0.1) is 0 Å².